The third-order valence-corrected chi connectivity index (χ3v) is 5.31. The molecule has 7 heteroatoms. The Labute approximate surface area is 170 Å². The first kappa shape index (κ1) is 20.4. The molecule has 1 heterocycles. The Bertz CT molecular complexity index is 833. The van der Waals surface area contributed by atoms with Gasteiger partial charge in [0, 0.05) is 30.7 Å². The van der Waals surface area contributed by atoms with Gasteiger partial charge in [0.15, 0.2) is 0 Å². The molecule has 1 fully saturated rings. The molecule has 2 aromatic rings. The van der Waals surface area contributed by atoms with E-state index in [9.17, 15) is 9.18 Å². The van der Waals surface area contributed by atoms with Crippen LogP contribution in [-0.4, -0.2) is 50.1 Å². The number of nitrogens with zero attached hydrogens (tertiary/aromatic N) is 2. The number of rotatable bonds is 5. The summed E-state index contributed by atoms with van der Waals surface area (Å²) in [5.41, 5.74) is 1.17. The van der Waals surface area contributed by atoms with Crippen molar-refractivity contribution in [2.24, 2.45) is 0 Å². The van der Waals surface area contributed by atoms with E-state index in [0.717, 1.165) is 37.5 Å². The molecule has 5 nitrogen and oxygen atoms in total. The van der Waals surface area contributed by atoms with Gasteiger partial charge in [-0.15, -0.1) is 0 Å². The summed E-state index contributed by atoms with van der Waals surface area (Å²) in [6, 6.07) is 12.3. The minimum absolute atomic E-state index is 0.107. The van der Waals surface area contributed by atoms with E-state index in [-0.39, 0.29) is 24.2 Å². The van der Waals surface area contributed by atoms with Gasteiger partial charge in [-0.1, -0.05) is 23.7 Å². The number of benzene rings is 2. The molecule has 1 aliphatic rings. The highest BCUT2D eigenvalue weighted by atomic mass is 35.5. The maximum absolute atomic E-state index is 13.9. The molecule has 0 aliphatic carbocycles. The zero-order valence-electron chi connectivity index (χ0n) is 16.1. The molecule has 1 amide bonds. The topological polar surface area (TPSA) is 44.8 Å². The van der Waals surface area contributed by atoms with Crippen LogP contribution in [0.5, 0.6) is 5.75 Å². The Morgan fingerprint density at radius 2 is 2.04 bits per heavy atom. The molecule has 0 unspecified atom stereocenters. The Hall–Kier alpha value is -2.31. The fourth-order valence-corrected chi connectivity index (χ4v) is 3.61. The van der Waals surface area contributed by atoms with Gasteiger partial charge in [0.25, 0.3) is 0 Å². The SMILES string of the molecule is COc1ccccc1N1CC[C@H](C)N(CC(=O)Nc2cc(Cl)ccc2F)CC1. The molecule has 3 rings (SSSR count). The average molecular weight is 406 g/mol. The average Bonchev–Trinajstić information content (AvgIpc) is 2.86. The molecule has 0 bridgehead atoms. The van der Waals surface area contributed by atoms with Crippen molar-refractivity contribution in [3.05, 3.63) is 53.3 Å². The monoisotopic (exact) mass is 405 g/mol. The van der Waals surface area contributed by atoms with Crippen LogP contribution in [0.2, 0.25) is 5.02 Å². The fraction of sp³-hybridized carbons (Fsp3) is 0.381. The van der Waals surface area contributed by atoms with Crippen LogP contribution < -0.4 is 15.0 Å². The lowest BCUT2D eigenvalue weighted by Gasteiger charge is -2.26. The van der Waals surface area contributed by atoms with Gasteiger partial charge in [-0.25, -0.2) is 4.39 Å². The molecule has 0 aromatic heterocycles. The molecular weight excluding hydrogens is 381 g/mol. The minimum Gasteiger partial charge on any atom is -0.495 e. The van der Waals surface area contributed by atoms with E-state index in [1.54, 1.807) is 7.11 Å². The quantitative estimate of drug-likeness (QED) is 0.815. The Kier molecular flexibility index (Phi) is 6.75. The first-order valence-corrected chi connectivity index (χ1v) is 9.72. The number of hydrogen-bond donors (Lipinski definition) is 1. The van der Waals surface area contributed by atoms with E-state index in [2.05, 4.69) is 22.0 Å². The van der Waals surface area contributed by atoms with Crippen molar-refractivity contribution < 1.29 is 13.9 Å². The smallest absolute Gasteiger partial charge is 0.238 e. The Morgan fingerprint density at radius 3 is 2.82 bits per heavy atom. The predicted octanol–water partition coefficient (Wildman–Crippen LogP) is 4.03. The van der Waals surface area contributed by atoms with E-state index in [1.165, 1.54) is 18.2 Å². The van der Waals surface area contributed by atoms with Crippen LogP contribution >= 0.6 is 11.6 Å². The molecule has 1 saturated heterocycles. The number of hydrogen-bond acceptors (Lipinski definition) is 4. The maximum atomic E-state index is 13.9. The van der Waals surface area contributed by atoms with Gasteiger partial charge < -0.3 is 15.0 Å². The van der Waals surface area contributed by atoms with E-state index < -0.39 is 5.82 Å². The van der Waals surface area contributed by atoms with Gasteiger partial charge >= 0.3 is 0 Å². The van der Waals surface area contributed by atoms with E-state index in [4.69, 9.17) is 16.3 Å². The maximum Gasteiger partial charge on any atom is 0.238 e. The highest BCUT2D eigenvalue weighted by Crippen LogP contribution is 2.29. The van der Waals surface area contributed by atoms with Crippen molar-refractivity contribution in [1.29, 1.82) is 0 Å². The lowest BCUT2D eigenvalue weighted by Crippen LogP contribution is -2.40. The molecule has 1 atom stereocenters. The number of anilines is 2. The molecular formula is C21H25ClFN3O2. The van der Waals surface area contributed by atoms with E-state index >= 15 is 0 Å². The van der Waals surface area contributed by atoms with Crippen molar-refractivity contribution in [3.63, 3.8) is 0 Å². The second-order valence-corrected chi connectivity index (χ2v) is 7.38. The largest absolute Gasteiger partial charge is 0.495 e. The predicted molar refractivity (Wildman–Crippen MR) is 111 cm³/mol. The molecule has 0 spiro atoms. The molecule has 1 N–H and O–H groups in total. The molecule has 28 heavy (non-hydrogen) atoms. The number of halogens is 2. The molecule has 150 valence electrons. The summed E-state index contributed by atoms with van der Waals surface area (Å²) in [6.45, 7) is 4.70. The van der Waals surface area contributed by atoms with Crippen molar-refractivity contribution in [3.8, 4) is 5.75 Å². The number of amides is 1. The number of carbonyl (C=O) groups excluding carboxylic acids is 1. The second kappa shape index (κ2) is 9.26. The number of carbonyl (C=O) groups is 1. The second-order valence-electron chi connectivity index (χ2n) is 6.94. The summed E-state index contributed by atoms with van der Waals surface area (Å²) in [7, 11) is 1.67. The normalized spacial score (nSPS) is 17.9. The molecule has 1 aliphatic heterocycles. The standard InChI is InChI=1S/C21H25ClFN3O2/c1-15-9-10-25(19-5-3-4-6-20(19)28-2)11-12-26(15)14-21(27)24-18-13-16(22)7-8-17(18)23/h3-8,13,15H,9-12,14H2,1-2H3,(H,24,27)/t15-/m0/s1. The summed E-state index contributed by atoms with van der Waals surface area (Å²) >= 11 is 5.89. The van der Waals surface area contributed by atoms with Crippen molar-refractivity contribution in [2.45, 2.75) is 19.4 Å². The number of nitrogens with one attached hydrogen (secondary N) is 1. The van der Waals surface area contributed by atoms with Gasteiger partial charge in [0.05, 0.1) is 25.0 Å². The zero-order valence-corrected chi connectivity index (χ0v) is 16.9. The van der Waals surface area contributed by atoms with Crippen LogP contribution in [0.4, 0.5) is 15.8 Å². The van der Waals surface area contributed by atoms with Crippen LogP contribution in [0.25, 0.3) is 0 Å². The minimum atomic E-state index is -0.496. The van der Waals surface area contributed by atoms with Crippen LogP contribution in [0, 0.1) is 5.82 Å². The van der Waals surface area contributed by atoms with Crippen molar-refractivity contribution in [1.82, 2.24) is 4.90 Å². The van der Waals surface area contributed by atoms with Gasteiger partial charge in [0.1, 0.15) is 11.6 Å². The Balaban J connectivity index is 1.63. The number of ether oxygens (including phenoxy) is 1. The first-order chi connectivity index (χ1) is 13.5. The summed E-state index contributed by atoms with van der Waals surface area (Å²) in [5.74, 6) is 0.0977. The summed E-state index contributed by atoms with van der Waals surface area (Å²) in [6.07, 6.45) is 0.914. The number of para-hydroxylation sites is 2. The fourth-order valence-electron chi connectivity index (χ4n) is 3.44. The van der Waals surface area contributed by atoms with E-state index in [0.29, 0.717) is 5.02 Å². The number of methoxy groups -OCH3 is 1. The van der Waals surface area contributed by atoms with Gasteiger partial charge in [-0.3, -0.25) is 9.69 Å². The molecule has 2 aromatic carbocycles. The lowest BCUT2D eigenvalue weighted by molar-refractivity contribution is -0.117. The van der Waals surface area contributed by atoms with Crippen LogP contribution in [-0.2, 0) is 4.79 Å². The van der Waals surface area contributed by atoms with Gasteiger partial charge in [-0.2, -0.15) is 0 Å². The van der Waals surface area contributed by atoms with Crippen LogP contribution in [0.1, 0.15) is 13.3 Å². The third-order valence-electron chi connectivity index (χ3n) is 5.07. The highest BCUT2D eigenvalue weighted by Gasteiger charge is 2.24. The van der Waals surface area contributed by atoms with Gasteiger partial charge in [0.2, 0.25) is 5.91 Å². The zero-order chi connectivity index (χ0) is 20.1. The third kappa shape index (κ3) is 4.94. The van der Waals surface area contributed by atoms with Crippen LogP contribution in [0.3, 0.4) is 0 Å². The summed E-state index contributed by atoms with van der Waals surface area (Å²) in [4.78, 5) is 16.9. The highest BCUT2D eigenvalue weighted by molar-refractivity contribution is 6.30. The first-order valence-electron chi connectivity index (χ1n) is 9.35. The molecule has 0 saturated carbocycles. The summed E-state index contributed by atoms with van der Waals surface area (Å²) < 4.78 is 19.3. The van der Waals surface area contributed by atoms with Crippen LogP contribution in [0.15, 0.2) is 42.5 Å². The van der Waals surface area contributed by atoms with Gasteiger partial charge in [-0.05, 0) is 43.7 Å². The molecule has 0 radical (unpaired) electrons. The van der Waals surface area contributed by atoms with Crippen molar-refractivity contribution in [2.75, 3.05) is 43.5 Å². The van der Waals surface area contributed by atoms with Crippen molar-refractivity contribution >= 4 is 28.9 Å². The Morgan fingerprint density at radius 1 is 1.25 bits per heavy atom. The summed E-state index contributed by atoms with van der Waals surface area (Å²) in [5, 5.41) is 3.01. The van der Waals surface area contributed by atoms with E-state index in [1.807, 2.05) is 24.3 Å². The lowest BCUT2D eigenvalue weighted by atomic mass is 10.2.